The molecular formula is C28H31N7O3. The van der Waals surface area contributed by atoms with Crippen LogP contribution in [-0.2, 0) is 6.54 Å². The van der Waals surface area contributed by atoms with Crippen molar-refractivity contribution in [3.63, 3.8) is 0 Å². The highest BCUT2D eigenvalue weighted by atomic mass is 16.5. The number of aryl methyl sites for hydroxylation is 1. The summed E-state index contributed by atoms with van der Waals surface area (Å²) in [6.07, 6.45) is 0. The van der Waals surface area contributed by atoms with Crippen molar-refractivity contribution in [2.45, 2.75) is 13.5 Å². The van der Waals surface area contributed by atoms with Gasteiger partial charge in [0, 0.05) is 38.3 Å². The fourth-order valence-electron chi connectivity index (χ4n) is 4.61. The molecule has 2 aromatic carbocycles. The Kier molecular flexibility index (Phi) is 7.12. The average Bonchev–Trinajstić information content (AvgIpc) is 2.95. The van der Waals surface area contributed by atoms with Crippen molar-refractivity contribution in [2.75, 3.05) is 51.0 Å². The predicted octanol–water partition coefficient (Wildman–Crippen LogP) is 3.63. The topological polar surface area (TPSA) is 119 Å². The number of piperazine rings is 1. The number of hydrogen-bond donors (Lipinski definition) is 2. The molecule has 0 radical (unpaired) electrons. The molecule has 1 aliphatic heterocycles. The van der Waals surface area contributed by atoms with E-state index in [0.29, 0.717) is 61.1 Å². The lowest BCUT2D eigenvalue weighted by Gasteiger charge is -2.35. The zero-order chi connectivity index (χ0) is 26.6. The van der Waals surface area contributed by atoms with Gasteiger partial charge >= 0.3 is 6.03 Å². The Morgan fingerprint density at radius 2 is 1.71 bits per heavy atom. The van der Waals surface area contributed by atoms with Crippen LogP contribution in [0.2, 0.25) is 0 Å². The molecule has 2 amide bonds. The lowest BCUT2D eigenvalue weighted by Crippen LogP contribution is -2.52. The number of carbonyl (C=O) groups is 1. The van der Waals surface area contributed by atoms with Crippen LogP contribution in [0.3, 0.4) is 0 Å². The SMILES string of the molecule is COc1ccc(-c2ccc3nc(N)nc(N4CCN(C(=O)NCc5ccccc5C)CC4)c3n2)cc1OC. The van der Waals surface area contributed by atoms with E-state index >= 15 is 0 Å². The smallest absolute Gasteiger partial charge is 0.317 e. The van der Waals surface area contributed by atoms with E-state index in [1.807, 2.05) is 66.4 Å². The summed E-state index contributed by atoms with van der Waals surface area (Å²) in [7, 11) is 3.21. The minimum atomic E-state index is -0.0752. The Morgan fingerprint density at radius 3 is 2.45 bits per heavy atom. The van der Waals surface area contributed by atoms with Crippen molar-refractivity contribution in [1.29, 1.82) is 0 Å². The molecule has 2 aromatic heterocycles. The first-order valence-electron chi connectivity index (χ1n) is 12.5. The monoisotopic (exact) mass is 513 g/mol. The number of pyridine rings is 1. The number of nitrogens with one attached hydrogen (secondary N) is 1. The van der Waals surface area contributed by atoms with Crippen LogP contribution in [0, 0.1) is 6.92 Å². The number of aromatic nitrogens is 3. The first-order valence-corrected chi connectivity index (χ1v) is 12.5. The molecule has 1 saturated heterocycles. The number of fused-ring (bicyclic) bond motifs is 1. The molecule has 1 aliphatic rings. The fraction of sp³-hybridized carbons (Fsp3) is 0.286. The van der Waals surface area contributed by atoms with Crippen LogP contribution in [0.25, 0.3) is 22.3 Å². The summed E-state index contributed by atoms with van der Waals surface area (Å²) < 4.78 is 10.8. The Morgan fingerprint density at radius 1 is 0.947 bits per heavy atom. The van der Waals surface area contributed by atoms with Crippen LogP contribution >= 0.6 is 0 Å². The van der Waals surface area contributed by atoms with Gasteiger partial charge in [-0.2, -0.15) is 4.98 Å². The number of nitrogen functional groups attached to an aromatic ring is 1. The highest BCUT2D eigenvalue weighted by Gasteiger charge is 2.24. The van der Waals surface area contributed by atoms with E-state index in [-0.39, 0.29) is 12.0 Å². The number of nitrogens with two attached hydrogens (primary N) is 1. The summed E-state index contributed by atoms with van der Waals surface area (Å²) in [6, 6.07) is 17.4. The van der Waals surface area contributed by atoms with Gasteiger partial charge in [0.2, 0.25) is 5.95 Å². The Bertz CT molecular complexity index is 1470. The molecule has 3 N–H and O–H groups in total. The van der Waals surface area contributed by atoms with Gasteiger partial charge in [-0.05, 0) is 48.4 Å². The zero-order valence-corrected chi connectivity index (χ0v) is 21.8. The average molecular weight is 514 g/mol. The third kappa shape index (κ3) is 5.10. The molecule has 0 aliphatic carbocycles. The highest BCUT2D eigenvalue weighted by molar-refractivity contribution is 5.89. The molecule has 0 bridgehead atoms. The van der Waals surface area contributed by atoms with Gasteiger partial charge in [-0.1, -0.05) is 24.3 Å². The Balaban J connectivity index is 1.34. The van der Waals surface area contributed by atoms with Gasteiger partial charge < -0.3 is 30.3 Å². The van der Waals surface area contributed by atoms with Gasteiger partial charge in [0.05, 0.1) is 25.4 Å². The molecule has 0 spiro atoms. The lowest BCUT2D eigenvalue weighted by molar-refractivity contribution is 0.194. The largest absolute Gasteiger partial charge is 0.493 e. The number of hydrogen-bond acceptors (Lipinski definition) is 8. The van der Waals surface area contributed by atoms with E-state index in [1.54, 1.807) is 14.2 Å². The van der Waals surface area contributed by atoms with E-state index in [0.717, 1.165) is 22.4 Å². The molecule has 38 heavy (non-hydrogen) atoms. The molecule has 4 aromatic rings. The second-order valence-electron chi connectivity index (χ2n) is 9.10. The standard InChI is InChI=1S/C28H31N7O3/c1-18-6-4-5-7-20(18)17-30-28(36)35-14-12-34(13-15-35)26-25-22(32-27(29)33-26)10-9-21(31-25)19-8-11-23(37-2)24(16-19)38-3/h4-11,16H,12-15,17H2,1-3H3,(H,30,36)(H2,29,32,33). The molecule has 196 valence electrons. The van der Waals surface area contributed by atoms with Crippen LogP contribution in [-0.4, -0.2) is 66.3 Å². The van der Waals surface area contributed by atoms with Crippen LogP contribution < -0.4 is 25.4 Å². The fourth-order valence-corrected chi connectivity index (χ4v) is 4.61. The first-order chi connectivity index (χ1) is 18.5. The third-order valence-electron chi connectivity index (χ3n) is 6.78. The molecule has 0 saturated carbocycles. The molecule has 10 heteroatoms. The van der Waals surface area contributed by atoms with Crippen molar-refractivity contribution in [3.8, 4) is 22.8 Å². The number of urea groups is 1. The van der Waals surface area contributed by atoms with E-state index in [2.05, 4.69) is 20.2 Å². The maximum Gasteiger partial charge on any atom is 0.317 e. The molecular weight excluding hydrogens is 482 g/mol. The molecule has 1 fully saturated rings. The van der Waals surface area contributed by atoms with Crippen LogP contribution in [0.4, 0.5) is 16.6 Å². The van der Waals surface area contributed by atoms with Gasteiger partial charge in [-0.15, -0.1) is 0 Å². The third-order valence-corrected chi connectivity index (χ3v) is 6.78. The summed E-state index contributed by atoms with van der Waals surface area (Å²) in [5.41, 5.74) is 11.3. The van der Waals surface area contributed by atoms with Gasteiger partial charge in [0.15, 0.2) is 17.3 Å². The van der Waals surface area contributed by atoms with Gasteiger partial charge in [-0.3, -0.25) is 0 Å². The van der Waals surface area contributed by atoms with Crippen molar-refractivity contribution in [2.24, 2.45) is 0 Å². The highest BCUT2D eigenvalue weighted by Crippen LogP contribution is 2.33. The van der Waals surface area contributed by atoms with Crippen LogP contribution in [0.1, 0.15) is 11.1 Å². The minimum absolute atomic E-state index is 0.0752. The van der Waals surface area contributed by atoms with Crippen LogP contribution in [0.15, 0.2) is 54.6 Å². The summed E-state index contributed by atoms with van der Waals surface area (Å²) in [4.78, 5) is 30.6. The molecule has 3 heterocycles. The number of rotatable bonds is 6. The summed E-state index contributed by atoms with van der Waals surface area (Å²) in [5, 5.41) is 3.04. The molecule has 10 nitrogen and oxygen atoms in total. The number of nitrogens with zero attached hydrogens (tertiary/aromatic N) is 5. The van der Waals surface area contributed by atoms with E-state index in [1.165, 1.54) is 0 Å². The number of benzene rings is 2. The first kappa shape index (κ1) is 25.1. The van der Waals surface area contributed by atoms with E-state index < -0.39 is 0 Å². The number of amides is 2. The molecule has 0 unspecified atom stereocenters. The van der Waals surface area contributed by atoms with Crippen molar-refractivity contribution < 1.29 is 14.3 Å². The van der Waals surface area contributed by atoms with Crippen molar-refractivity contribution in [1.82, 2.24) is 25.2 Å². The molecule has 5 rings (SSSR count). The van der Waals surface area contributed by atoms with Gasteiger partial charge in [0.1, 0.15) is 5.52 Å². The lowest BCUT2D eigenvalue weighted by atomic mass is 10.1. The second-order valence-corrected chi connectivity index (χ2v) is 9.10. The predicted molar refractivity (Wildman–Crippen MR) is 147 cm³/mol. The van der Waals surface area contributed by atoms with Crippen molar-refractivity contribution >= 4 is 28.8 Å². The Labute approximate surface area is 221 Å². The quantitative estimate of drug-likeness (QED) is 0.401. The summed E-state index contributed by atoms with van der Waals surface area (Å²) >= 11 is 0. The number of methoxy groups -OCH3 is 2. The van der Waals surface area contributed by atoms with Gasteiger partial charge in [-0.25, -0.2) is 14.8 Å². The minimum Gasteiger partial charge on any atom is -0.493 e. The summed E-state index contributed by atoms with van der Waals surface area (Å²) in [6.45, 7) is 4.86. The molecule has 0 atom stereocenters. The number of anilines is 2. The van der Waals surface area contributed by atoms with Crippen LogP contribution in [0.5, 0.6) is 11.5 Å². The number of carbonyl (C=O) groups excluding carboxylic acids is 1. The Hall–Kier alpha value is -4.60. The second kappa shape index (κ2) is 10.8. The maximum atomic E-state index is 12.8. The van der Waals surface area contributed by atoms with Gasteiger partial charge in [0.25, 0.3) is 0 Å². The van der Waals surface area contributed by atoms with E-state index in [9.17, 15) is 4.79 Å². The maximum absolute atomic E-state index is 12.8. The normalized spacial score (nSPS) is 13.4. The van der Waals surface area contributed by atoms with Crippen molar-refractivity contribution in [3.05, 3.63) is 65.7 Å². The zero-order valence-electron chi connectivity index (χ0n) is 21.8. The number of ether oxygens (including phenoxy) is 2. The van der Waals surface area contributed by atoms with E-state index in [4.69, 9.17) is 20.2 Å². The summed E-state index contributed by atoms with van der Waals surface area (Å²) in [5.74, 6) is 2.12.